The molecule has 0 saturated carbocycles. The van der Waals surface area contributed by atoms with E-state index in [9.17, 15) is 4.39 Å². The zero-order valence-corrected chi connectivity index (χ0v) is 13.6. The Hall–Kier alpha value is -1.85. The first-order valence-electron chi connectivity index (χ1n) is 6.67. The van der Waals surface area contributed by atoms with Crippen LogP contribution in [0, 0.1) is 5.82 Å². The summed E-state index contributed by atoms with van der Waals surface area (Å²) in [6.45, 7) is 1.03. The summed E-state index contributed by atoms with van der Waals surface area (Å²) in [5, 5.41) is 6.76. The summed E-state index contributed by atoms with van der Waals surface area (Å²) in [6, 6.07) is 12.3. The van der Waals surface area contributed by atoms with E-state index in [4.69, 9.17) is 28.6 Å². The van der Waals surface area contributed by atoms with E-state index in [1.807, 2.05) is 24.3 Å². The third-order valence-electron chi connectivity index (χ3n) is 3.07. The van der Waals surface area contributed by atoms with Gasteiger partial charge in [0.2, 0.25) is 0 Å². The summed E-state index contributed by atoms with van der Waals surface area (Å²) in [7, 11) is 1.63. The van der Waals surface area contributed by atoms with Gasteiger partial charge in [0.05, 0.1) is 12.1 Å². The molecule has 0 spiro atoms. The van der Waals surface area contributed by atoms with E-state index in [0.29, 0.717) is 18.2 Å². The first-order valence-corrected chi connectivity index (χ1v) is 7.46. The van der Waals surface area contributed by atoms with Crippen LogP contribution in [0.25, 0.3) is 0 Å². The van der Waals surface area contributed by atoms with Crippen molar-refractivity contribution in [2.45, 2.75) is 13.1 Å². The second kappa shape index (κ2) is 7.96. The third kappa shape index (κ3) is 4.58. The smallest absolute Gasteiger partial charge is 0.166 e. The van der Waals surface area contributed by atoms with Gasteiger partial charge < -0.3 is 15.4 Å². The number of ether oxygens (including phenoxy) is 1. The second-order valence-corrected chi connectivity index (χ2v) is 5.41. The Morgan fingerprint density at radius 2 is 1.91 bits per heavy atom. The minimum absolute atomic E-state index is 0.104. The summed E-state index contributed by atoms with van der Waals surface area (Å²) in [6.07, 6.45) is 0. The highest BCUT2D eigenvalue weighted by Crippen LogP contribution is 2.17. The molecule has 0 heterocycles. The SMILES string of the molecule is COc1ccccc1CNC(=S)NCc1ccc(F)c(Cl)c1. The molecule has 2 aromatic rings. The molecule has 2 rings (SSSR count). The molecule has 0 fully saturated rings. The van der Waals surface area contributed by atoms with Crippen molar-refractivity contribution < 1.29 is 9.13 Å². The Bertz CT molecular complexity index is 666. The van der Waals surface area contributed by atoms with Gasteiger partial charge in [0, 0.05) is 18.7 Å². The van der Waals surface area contributed by atoms with E-state index < -0.39 is 5.82 Å². The van der Waals surface area contributed by atoms with Gasteiger partial charge in [-0.1, -0.05) is 35.9 Å². The average molecular weight is 339 g/mol. The topological polar surface area (TPSA) is 33.3 Å². The third-order valence-corrected chi connectivity index (χ3v) is 3.65. The summed E-state index contributed by atoms with van der Waals surface area (Å²) in [4.78, 5) is 0. The van der Waals surface area contributed by atoms with Crippen molar-refractivity contribution in [3.05, 3.63) is 64.4 Å². The summed E-state index contributed by atoms with van der Waals surface area (Å²) in [5.41, 5.74) is 1.87. The van der Waals surface area contributed by atoms with Crippen molar-refractivity contribution in [2.75, 3.05) is 7.11 Å². The molecule has 0 aromatic heterocycles. The van der Waals surface area contributed by atoms with Crippen LogP contribution in [0.4, 0.5) is 4.39 Å². The number of hydrogen-bond acceptors (Lipinski definition) is 2. The minimum atomic E-state index is -0.428. The van der Waals surface area contributed by atoms with Crippen LogP contribution in [-0.4, -0.2) is 12.2 Å². The Labute approximate surface area is 139 Å². The fourth-order valence-electron chi connectivity index (χ4n) is 1.92. The van der Waals surface area contributed by atoms with Gasteiger partial charge in [0.15, 0.2) is 5.11 Å². The van der Waals surface area contributed by atoms with Gasteiger partial charge in [-0.25, -0.2) is 4.39 Å². The van der Waals surface area contributed by atoms with Crippen molar-refractivity contribution in [3.8, 4) is 5.75 Å². The molecule has 0 atom stereocenters. The molecule has 3 nitrogen and oxygen atoms in total. The molecule has 0 unspecified atom stereocenters. The van der Waals surface area contributed by atoms with E-state index >= 15 is 0 Å². The van der Waals surface area contributed by atoms with Gasteiger partial charge in [0.1, 0.15) is 11.6 Å². The predicted octanol–water partition coefficient (Wildman–Crippen LogP) is 3.65. The molecule has 0 aliphatic heterocycles. The standard InChI is InChI=1S/C16H16ClFN2OS/c1-21-15-5-3-2-4-12(15)10-20-16(22)19-9-11-6-7-14(18)13(17)8-11/h2-8H,9-10H2,1H3,(H2,19,20,22). The lowest BCUT2D eigenvalue weighted by molar-refractivity contribution is 0.409. The van der Waals surface area contributed by atoms with Crippen LogP contribution in [0.2, 0.25) is 5.02 Å². The lowest BCUT2D eigenvalue weighted by Crippen LogP contribution is -2.34. The average Bonchev–Trinajstić information content (AvgIpc) is 2.54. The Morgan fingerprint density at radius 3 is 2.64 bits per heavy atom. The maximum absolute atomic E-state index is 13.1. The quantitative estimate of drug-likeness (QED) is 0.815. The largest absolute Gasteiger partial charge is 0.496 e. The zero-order chi connectivity index (χ0) is 15.9. The van der Waals surface area contributed by atoms with E-state index in [1.54, 1.807) is 19.2 Å². The van der Waals surface area contributed by atoms with Gasteiger partial charge in [0.25, 0.3) is 0 Å². The number of methoxy groups -OCH3 is 1. The maximum atomic E-state index is 13.1. The van der Waals surface area contributed by atoms with Crippen LogP contribution in [0.1, 0.15) is 11.1 Å². The number of nitrogens with one attached hydrogen (secondary N) is 2. The number of thiocarbonyl (C=S) groups is 1. The fraction of sp³-hybridized carbons (Fsp3) is 0.188. The first-order chi connectivity index (χ1) is 10.6. The van der Waals surface area contributed by atoms with Gasteiger partial charge in [-0.2, -0.15) is 0 Å². The van der Waals surface area contributed by atoms with E-state index in [2.05, 4.69) is 10.6 Å². The van der Waals surface area contributed by atoms with Crippen LogP contribution in [0.15, 0.2) is 42.5 Å². The summed E-state index contributed by atoms with van der Waals surface area (Å²) < 4.78 is 18.4. The van der Waals surface area contributed by atoms with Gasteiger partial charge in [-0.3, -0.25) is 0 Å². The Balaban J connectivity index is 1.84. The molecule has 22 heavy (non-hydrogen) atoms. The maximum Gasteiger partial charge on any atom is 0.166 e. The number of rotatable bonds is 5. The number of halogens is 2. The lowest BCUT2D eigenvalue weighted by atomic mass is 10.2. The highest BCUT2D eigenvalue weighted by atomic mass is 35.5. The number of benzene rings is 2. The predicted molar refractivity (Wildman–Crippen MR) is 90.7 cm³/mol. The molecule has 0 saturated heterocycles. The van der Waals surface area contributed by atoms with Crippen LogP contribution in [0.3, 0.4) is 0 Å². The zero-order valence-electron chi connectivity index (χ0n) is 12.0. The molecule has 2 N–H and O–H groups in total. The number of para-hydroxylation sites is 1. The molecule has 0 aliphatic carbocycles. The summed E-state index contributed by atoms with van der Waals surface area (Å²) >= 11 is 11.0. The molecule has 116 valence electrons. The number of hydrogen-bond donors (Lipinski definition) is 2. The fourth-order valence-corrected chi connectivity index (χ4v) is 2.27. The molecular formula is C16H16ClFN2OS. The van der Waals surface area contributed by atoms with Crippen LogP contribution in [-0.2, 0) is 13.1 Å². The van der Waals surface area contributed by atoms with Gasteiger partial charge >= 0.3 is 0 Å². The second-order valence-electron chi connectivity index (χ2n) is 4.60. The molecule has 0 amide bonds. The van der Waals surface area contributed by atoms with E-state index in [0.717, 1.165) is 16.9 Å². The van der Waals surface area contributed by atoms with Crippen molar-refractivity contribution in [3.63, 3.8) is 0 Å². The van der Waals surface area contributed by atoms with Gasteiger partial charge in [-0.15, -0.1) is 0 Å². The Morgan fingerprint density at radius 1 is 1.18 bits per heavy atom. The molecular weight excluding hydrogens is 323 g/mol. The molecule has 0 radical (unpaired) electrons. The molecule has 2 aromatic carbocycles. The van der Waals surface area contributed by atoms with Crippen LogP contribution < -0.4 is 15.4 Å². The highest BCUT2D eigenvalue weighted by molar-refractivity contribution is 7.80. The molecule has 0 bridgehead atoms. The van der Waals surface area contributed by atoms with Crippen molar-refractivity contribution in [2.24, 2.45) is 0 Å². The normalized spacial score (nSPS) is 10.1. The highest BCUT2D eigenvalue weighted by Gasteiger charge is 2.04. The molecule has 0 aliphatic rings. The summed E-state index contributed by atoms with van der Waals surface area (Å²) in [5.74, 6) is 0.380. The lowest BCUT2D eigenvalue weighted by Gasteiger charge is -2.13. The van der Waals surface area contributed by atoms with Crippen LogP contribution in [0.5, 0.6) is 5.75 Å². The molecule has 6 heteroatoms. The first kappa shape index (κ1) is 16.5. The van der Waals surface area contributed by atoms with Crippen LogP contribution >= 0.6 is 23.8 Å². The van der Waals surface area contributed by atoms with Crippen molar-refractivity contribution in [1.82, 2.24) is 10.6 Å². The van der Waals surface area contributed by atoms with E-state index in [-0.39, 0.29) is 5.02 Å². The van der Waals surface area contributed by atoms with E-state index in [1.165, 1.54) is 6.07 Å². The van der Waals surface area contributed by atoms with Crippen molar-refractivity contribution in [1.29, 1.82) is 0 Å². The van der Waals surface area contributed by atoms with Crippen molar-refractivity contribution >= 4 is 28.9 Å². The minimum Gasteiger partial charge on any atom is -0.496 e. The van der Waals surface area contributed by atoms with Gasteiger partial charge in [-0.05, 0) is 36.0 Å². The Kier molecular flexibility index (Phi) is 5.98. The monoisotopic (exact) mass is 338 g/mol.